The largest absolute Gasteiger partial charge is 0.349 e. The van der Waals surface area contributed by atoms with Crippen LogP contribution in [0.3, 0.4) is 0 Å². The van der Waals surface area contributed by atoms with Crippen LogP contribution >= 0.6 is 0 Å². The topological polar surface area (TPSA) is 41.1 Å². The smallest absolute Gasteiger partial charge is 0.251 e. The highest BCUT2D eigenvalue weighted by Gasteiger charge is 2.15. The molecule has 84 valence electrons. The van der Waals surface area contributed by atoms with E-state index in [0.717, 1.165) is 31.5 Å². The number of nitrogens with one attached hydrogen (secondary N) is 2. The summed E-state index contributed by atoms with van der Waals surface area (Å²) in [5.41, 5.74) is 0.746. The molecule has 1 amide bonds. The van der Waals surface area contributed by atoms with Crippen LogP contribution in [0.1, 0.15) is 26.7 Å². The van der Waals surface area contributed by atoms with Gasteiger partial charge in [0.25, 0.3) is 5.91 Å². The molecule has 0 unspecified atom stereocenters. The molecule has 0 radical (unpaired) electrons. The van der Waals surface area contributed by atoms with E-state index in [4.69, 9.17) is 0 Å². The monoisotopic (exact) mass is 208 g/mol. The van der Waals surface area contributed by atoms with Crippen molar-refractivity contribution in [3.8, 4) is 0 Å². The highest BCUT2D eigenvalue weighted by Crippen LogP contribution is 2.04. The molecular formula is C12H20N2O. The first-order valence-electron chi connectivity index (χ1n) is 5.58. The van der Waals surface area contributed by atoms with E-state index in [9.17, 15) is 4.79 Å². The number of allylic oxidation sites excluding steroid dienone is 2. The highest BCUT2D eigenvalue weighted by atomic mass is 16.1. The van der Waals surface area contributed by atoms with Crippen LogP contribution in [-0.4, -0.2) is 25.0 Å². The van der Waals surface area contributed by atoms with Crippen molar-refractivity contribution in [2.45, 2.75) is 32.7 Å². The summed E-state index contributed by atoms with van der Waals surface area (Å²) in [7, 11) is 0. The molecule has 3 heteroatoms. The molecule has 0 spiro atoms. The summed E-state index contributed by atoms with van der Waals surface area (Å²) in [5.74, 6) is 0.0440. The lowest BCUT2D eigenvalue weighted by Gasteiger charge is -2.23. The summed E-state index contributed by atoms with van der Waals surface area (Å²) < 4.78 is 0. The van der Waals surface area contributed by atoms with Gasteiger partial charge in [0, 0.05) is 11.6 Å². The zero-order valence-corrected chi connectivity index (χ0v) is 9.55. The lowest BCUT2D eigenvalue weighted by Crippen LogP contribution is -2.43. The van der Waals surface area contributed by atoms with E-state index < -0.39 is 0 Å². The maximum Gasteiger partial charge on any atom is 0.251 e. The predicted molar refractivity (Wildman–Crippen MR) is 62.6 cm³/mol. The zero-order chi connectivity index (χ0) is 11.1. The van der Waals surface area contributed by atoms with Gasteiger partial charge in [-0.1, -0.05) is 18.2 Å². The van der Waals surface area contributed by atoms with Gasteiger partial charge >= 0.3 is 0 Å². The summed E-state index contributed by atoms with van der Waals surface area (Å²) in [6.07, 6.45) is 7.63. The minimum atomic E-state index is 0.0440. The summed E-state index contributed by atoms with van der Waals surface area (Å²) in [5, 5.41) is 6.33. The standard InChI is InChI=1S/C12H20N2O/c1-3-5-10(4-2)12(15)14-11-6-8-13-9-7-11/h3-5,11,13H,6-9H2,1-2H3,(H,14,15). The number of amides is 1. The summed E-state index contributed by atoms with van der Waals surface area (Å²) in [6, 6.07) is 0.332. The third-order valence-corrected chi connectivity index (χ3v) is 2.59. The fraction of sp³-hybridized carbons (Fsp3) is 0.583. The van der Waals surface area contributed by atoms with E-state index in [0.29, 0.717) is 6.04 Å². The van der Waals surface area contributed by atoms with Crippen molar-refractivity contribution in [3.05, 3.63) is 23.8 Å². The van der Waals surface area contributed by atoms with Crippen LogP contribution in [0, 0.1) is 0 Å². The second-order valence-electron chi connectivity index (χ2n) is 3.74. The molecule has 0 atom stereocenters. The highest BCUT2D eigenvalue weighted by molar-refractivity contribution is 5.96. The average molecular weight is 208 g/mol. The normalized spacial score (nSPS) is 19.5. The second-order valence-corrected chi connectivity index (χ2v) is 3.74. The Hall–Kier alpha value is -1.09. The molecule has 1 rings (SSSR count). The van der Waals surface area contributed by atoms with Crippen molar-refractivity contribution < 1.29 is 4.79 Å². The first-order valence-corrected chi connectivity index (χ1v) is 5.58. The molecular weight excluding hydrogens is 188 g/mol. The predicted octanol–water partition coefficient (Wildman–Crippen LogP) is 1.38. The molecule has 0 saturated carbocycles. The Balaban J connectivity index is 2.46. The van der Waals surface area contributed by atoms with Crippen LogP contribution in [0.4, 0.5) is 0 Å². The lowest BCUT2D eigenvalue weighted by atomic mass is 10.1. The van der Waals surface area contributed by atoms with Gasteiger partial charge in [-0.2, -0.15) is 0 Å². The van der Waals surface area contributed by atoms with E-state index in [1.54, 1.807) is 0 Å². The minimum absolute atomic E-state index is 0.0440. The number of hydrogen-bond donors (Lipinski definition) is 2. The molecule has 0 aromatic rings. The number of carbonyl (C=O) groups excluding carboxylic acids is 1. The van der Waals surface area contributed by atoms with Crippen molar-refractivity contribution in [2.24, 2.45) is 0 Å². The van der Waals surface area contributed by atoms with Crippen LogP contribution in [0.2, 0.25) is 0 Å². The Morgan fingerprint density at radius 3 is 2.53 bits per heavy atom. The summed E-state index contributed by atoms with van der Waals surface area (Å²) in [4.78, 5) is 11.8. The van der Waals surface area contributed by atoms with Gasteiger partial charge in [-0.3, -0.25) is 4.79 Å². The molecule has 0 bridgehead atoms. The fourth-order valence-electron chi connectivity index (χ4n) is 1.72. The van der Waals surface area contributed by atoms with Crippen molar-refractivity contribution in [1.82, 2.24) is 10.6 Å². The molecule has 1 aliphatic heterocycles. The van der Waals surface area contributed by atoms with E-state index in [1.807, 2.05) is 32.1 Å². The minimum Gasteiger partial charge on any atom is -0.349 e. The molecule has 1 heterocycles. The molecule has 0 aromatic heterocycles. The SMILES string of the molecule is CC=CC(=CC)C(=O)NC1CCNCC1. The van der Waals surface area contributed by atoms with Gasteiger partial charge in [0.1, 0.15) is 0 Å². The summed E-state index contributed by atoms with van der Waals surface area (Å²) in [6.45, 7) is 5.80. The van der Waals surface area contributed by atoms with Crippen LogP contribution < -0.4 is 10.6 Å². The van der Waals surface area contributed by atoms with Crippen molar-refractivity contribution in [3.63, 3.8) is 0 Å². The van der Waals surface area contributed by atoms with Gasteiger partial charge < -0.3 is 10.6 Å². The Morgan fingerprint density at radius 1 is 1.33 bits per heavy atom. The van der Waals surface area contributed by atoms with Gasteiger partial charge in [-0.05, 0) is 39.8 Å². The molecule has 0 aromatic carbocycles. The van der Waals surface area contributed by atoms with E-state index in [2.05, 4.69) is 10.6 Å². The van der Waals surface area contributed by atoms with Gasteiger partial charge in [0.15, 0.2) is 0 Å². The van der Waals surface area contributed by atoms with Crippen molar-refractivity contribution in [2.75, 3.05) is 13.1 Å². The number of rotatable bonds is 3. The third kappa shape index (κ3) is 3.88. The van der Waals surface area contributed by atoms with Gasteiger partial charge in [-0.25, -0.2) is 0 Å². The molecule has 1 fully saturated rings. The second kappa shape index (κ2) is 6.40. The number of carbonyl (C=O) groups is 1. The van der Waals surface area contributed by atoms with E-state index in [1.165, 1.54) is 0 Å². The van der Waals surface area contributed by atoms with Crippen LogP contribution in [0.5, 0.6) is 0 Å². The zero-order valence-electron chi connectivity index (χ0n) is 9.55. The Kier molecular flexibility index (Phi) is 5.12. The first kappa shape index (κ1) is 12.0. The Bertz CT molecular complexity index is 263. The maximum absolute atomic E-state index is 11.8. The van der Waals surface area contributed by atoms with Crippen LogP contribution in [0.25, 0.3) is 0 Å². The van der Waals surface area contributed by atoms with E-state index >= 15 is 0 Å². The van der Waals surface area contributed by atoms with Gasteiger partial charge in [0.05, 0.1) is 0 Å². The molecule has 1 aliphatic rings. The Labute approximate surface area is 91.6 Å². The Morgan fingerprint density at radius 2 is 2.00 bits per heavy atom. The molecule has 2 N–H and O–H groups in total. The van der Waals surface area contributed by atoms with Crippen molar-refractivity contribution in [1.29, 1.82) is 0 Å². The van der Waals surface area contributed by atoms with Gasteiger partial charge in [-0.15, -0.1) is 0 Å². The van der Waals surface area contributed by atoms with Crippen LogP contribution in [0.15, 0.2) is 23.8 Å². The molecule has 0 aliphatic carbocycles. The maximum atomic E-state index is 11.8. The molecule has 1 saturated heterocycles. The van der Waals surface area contributed by atoms with Gasteiger partial charge in [0.2, 0.25) is 0 Å². The molecule has 15 heavy (non-hydrogen) atoms. The van der Waals surface area contributed by atoms with Crippen LogP contribution in [-0.2, 0) is 4.79 Å². The van der Waals surface area contributed by atoms with Crippen molar-refractivity contribution >= 4 is 5.91 Å². The molecule has 3 nitrogen and oxygen atoms in total. The summed E-state index contributed by atoms with van der Waals surface area (Å²) >= 11 is 0. The number of hydrogen-bond acceptors (Lipinski definition) is 2. The average Bonchev–Trinajstić information content (AvgIpc) is 2.27. The fourth-order valence-corrected chi connectivity index (χ4v) is 1.72. The first-order chi connectivity index (χ1) is 7.27. The number of piperidine rings is 1. The third-order valence-electron chi connectivity index (χ3n) is 2.59. The van der Waals surface area contributed by atoms with E-state index in [-0.39, 0.29) is 5.91 Å². The quantitative estimate of drug-likeness (QED) is 0.543. The lowest BCUT2D eigenvalue weighted by molar-refractivity contribution is -0.118.